The van der Waals surface area contributed by atoms with Crippen LogP contribution < -0.4 is 15.8 Å². The third kappa shape index (κ3) is 5.88. The largest absolute Gasteiger partial charge is 0.494 e. The number of aldehydes is 1. The fraction of sp³-hybridized carbons (Fsp3) is 0.324. The minimum absolute atomic E-state index is 0.408. The predicted octanol–water partition coefficient (Wildman–Crippen LogP) is 7.23. The quantitative estimate of drug-likeness (QED) is 0.165. The van der Waals surface area contributed by atoms with Crippen LogP contribution in [0.25, 0.3) is 11.1 Å². The van der Waals surface area contributed by atoms with Gasteiger partial charge in [-0.3, -0.25) is 4.79 Å². The average Bonchev–Trinajstić information content (AvgIpc) is 3.37. The first kappa shape index (κ1) is 31.3. The summed E-state index contributed by atoms with van der Waals surface area (Å²) >= 11 is 0. The van der Waals surface area contributed by atoms with Crippen molar-refractivity contribution in [2.75, 3.05) is 4.90 Å². The van der Waals surface area contributed by atoms with E-state index in [0.717, 1.165) is 45.4 Å². The number of nitrogens with zero attached hydrogens (tertiary/aromatic N) is 1. The van der Waals surface area contributed by atoms with E-state index in [4.69, 9.17) is 18.6 Å². The van der Waals surface area contributed by atoms with Gasteiger partial charge in [0.05, 0.1) is 22.4 Å². The first-order chi connectivity index (χ1) is 21.2. The summed E-state index contributed by atoms with van der Waals surface area (Å²) in [5.41, 5.74) is 5.98. The highest BCUT2D eigenvalue weighted by Crippen LogP contribution is 2.39. The molecular weight excluding hydrogens is 560 g/mol. The van der Waals surface area contributed by atoms with Crippen LogP contribution in [-0.4, -0.2) is 42.9 Å². The summed E-state index contributed by atoms with van der Waals surface area (Å²) in [6.45, 7) is 16.5. The van der Waals surface area contributed by atoms with Crippen LogP contribution in [0.5, 0.6) is 0 Å². The molecule has 6 rings (SSSR count). The van der Waals surface area contributed by atoms with E-state index in [0.29, 0.717) is 5.56 Å². The van der Waals surface area contributed by atoms with Crippen molar-refractivity contribution in [3.8, 4) is 11.1 Å². The van der Waals surface area contributed by atoms with Gasteiger partial charge < -0.3 is 23.5 Å². The van der Waals surface area contributed by atoms with E-state index in [1.54, 1.807) is 0 Å². The zero-order valence-corrected chi connectivity index (χ0v) is 27.5. The van der Waals surface area contributed by atoms with E-state index in [1.165, 1.54) is 0 Å². The van der Waals surface area contributed by atoms with Gasteiger partial charge in [0.1, 0.15) is 6.29 Å². The second-order valence-corrected chi connectivity index (χ2v) is 14.0. The average molecular weight is 601 g/mol. The van der Waals surface area contributed by atoms with Gasteiger partial charge in [-0.05, 0) is 120 Å². The summed E-state index contributed by atoms with van der Waals surface area (Å²) in [6, 6.07) is 32.7. The maximum atomic E-state index is 11.4. The van der Waals surface area contributed by atoms with Gasteiger partial charge >= 0.3 is 14.2 Å². The van der Waals surface area contributed by atoms with E-state index >= 15 is 0 Å². The van der Waals surface area contributed by atoms with E-state index < -0.39 is 36.6 Å². The van der Waals surface area contributed by atoms with Gasteiger partial charge in [-0.25, -0.2) is 0 Å². The first-order valence-corrected chi connectivity index (χ1v) is 15.6. The molecule has 45 heavy (non-hydrogen) atoms. The van der Waals surface area contributed by atoms with Crippen molar-refractivity contribution >= 4 is 48.5 Å². The Kier molecular flexibility index (Phi) is 7.85. The summed E-state index contributed by atoms with van der Waals surface area (Å²) in [6.07, 6.45) is 0.875. The van der Waals surface area contributed by atoms with Crippen molar-refractivity contribution < 1.29 is 23.4 Å². The SMILES string of the molecule is CC1(C)OB(c2ccc(N(c3ccc(B4OC(C)(C)C(C)(C)O4)cc3)c3ccc(-c4cccc(C=O)c4)cc3)cc2)OC1(C)C. The highest BCUT2D eigenvalue weighted by Gasteiger charge is 2.52. The molecule has 0 bridgehead atoms. The fourth-order valence-corrected chi connectivity index (χ4v) is 5.56. The molecule has 8 heteroatoms. The standard InChI is InChI=1S/C37H41B2NO5/c1-34(2)35(3,4)43-38(42-34)29-14-20-32(21-15-29)40(31-18-12-27(13-19-31)28-11-9-10-26(24-28)25-41)33-22-16-30(17-23-33)39-44-36(5,6)37(7,8)45-39/h9-25H,1-8H3. The van der Waals surface area contributed by atoms with Gasteiger partial charge in [0.15, 0.2) is 0 Å². The second kappa shape index (κ2) is 11.3. The Morgan fingerprint density at radius 3 is 1.27 bits per heavy atom. The van der Waals surface area contributed by atoms with Gasteiger partial charge in [-0.2, -0.15) is 0 Å². The third-order valence-electron chi connectivity index (χ3n) is 9.83. The van der Waals surface area contributed by atoms with Crippen molar-refractivity contribution in [2.45, 2.75) is 77.8 Å². The van der Waals surface area contributed by atoms with Crippen LogP contribution in [0.1, 0.15) is 65.7 Å². The Morgan fingerprint density at radius 1 is 0.511 bits per heavy atom. The van der Waals surface area contributed by atoms with Crippen molar-refractivity contribution in [2.24, 2.45) is 0 Å². The predicted molar refractivity (Wildman–Crippen MR) is 183 cm³/mol. The number of anilines is 3. The first-order valence-electron chi connectivity index (χ1n) is 15.6. The molecule has 4 aromatic rings. The van der Waals surface area contributed by atoms with Crippen LogP contribution in [0.3, 0.4) is 0 Å². The number of hydrogen-bond acceptors (Lipinski definition) is 6. The maximum absolute atomic E-state index is 11.4. The van der Waals surface area contributed by atoms with Crippen LogP contribution in [0, 0.1) is 0 Å². The molecule has 0 atom stereocenters. The van der Waals surface area contributed by atoms with Crippen LogP contribution in [0.2, 0.25) is 0 Å². The highest BCUT2D eigenvalue weighted by molar-refractivity contribution is 6.62. The molecule has 2 saturated heterocycles. The normalized spacial score (nSPS) is 19.5. The Labute approximate surface area is 267 Å². The smallest absolute Gasteiger partial charge is 0.399 e. The van der Waals surface area contributed by atoms with Gasteiger partial charge in [0, 0.05) is 22.6 Å². The number of hydrogen-bond donors (Lipinski definition) is 0. The Morgan fingerprint density at radius 2 is 0.889 bits per heavy atom. The van der Waals surface area contributed by atoms with E-state index in [-0.39, 0.29) is 0 Å². The molecule has 0 spiro atoms. The summed E-state index contributed by atoms with van der Waals surface area (Å²) < 4.78 is 25.2. The molecule has 2 heterocycles. The van der Waals surface area contributed by atoms with Crippen molar-refractivity contribution in [1.29, 1.82) is 0 Å². The van der Waals surface area contributed by atoms with Crippen molar-refractivity contribution in [3.63, 3.8) is 0 Å². The van der Waals surface area contributed by atoms with Gasteiger partial charge in [-0.1, -0.05) is 54.6 Å². The molecule has 0 saturated carbocycles. The minimum atomic E-state index is -0.432. The van der Waals surface area contributed by atoms with Crippen LogP contribution in [0.4, 0.5) is 17.1 Å². The minimum Gasteiger partial charge on any atom is -0.399 e. The van der Waals surface area contributed by atoms with E-state index in [2.05, 4.69) is 133 Å². The van der Waals surface area contributed by atoms with Gasteiger partial charge in [0.2, 0.25) is 0 Å². The topological polar surface area (TPSA) is 57.2 Å². The Bertz CT molecular complexity index is 1570. The van der Waals surface area contributed by atoms with Crippen LogP contribution >= 0.6 is 0 Å². The number of carbonyl (C=O) groups excluding carboxylic acids is 1. The molecular formula is C37H41B2NO5. The van der Waals surface area contributed by atoms with Crippen molar-refractivity contribution in [3.05, 3.63) is 103 Å². The fourth-order valence-electron chi connectivity index (χ4n) is 5.56. The molecule has 6 nitrogen and oxygen atoms in total. The lowest BCUT2D eigenvalue weighted by Crippen LogP contribution is -2.41. The highest BCUT2D eigenvalue weighted by atomic mass is 16.7. The van der Waals surface area contributed by atoms with Crippen LogP contribution in [0.15, 0.2) is 97.1 Å². The molecule has 0 unspecified atom stereocenters. The third-order valence-corrected chi connectivity index (χ3v) is 9.83. The summed E-state index contributed by atoms with van der Waals surface area (Å²) in [5, 5.41) is 0. The number of carbonyl (C=O) groups is 1. The monoisotopic (exact) mass is 601 g/mol. The number of benzene rings is 4. The lowest BCUT2D eigenvalue weighted by molar-refractivity contribution is 0.00578. The number of rotatable bonds is 7. The molecule has 230 valence electrons. The Balaban J connectivity index is 1.33. The molecule has 0 aromatic heterocycles. The Hall–Kier alpha value is -3.68. The second-order valence-electron chi connectivity index (χ2n) is 14.0. The van der Waals surface area contributed by atoms with Crippen molar-refractivity contribution in [1.82, 2.24) is 0 Å². The molecule has 0 radical (unpaired) electrons. The lowest BCUT2D eigenvalue weighted by Gasteiger charge is -2.32. The molecule has 2 aliphatic rings. The summed E-state index contributed by atoms with van der Waals surface area (Å²) in [5.74, 6) is 0. The molecule has 0 aliphatic carbocycles. The van der Waals surface area contributed by atoms with Gasteiger partial charge in [-0.15, -0.1) is 0 Å². The lowest BCUT2D eigenvalue weighted by atomic mass is 9.79. The summed E-state index contributed by atoms with van der Waals surface area (Å²) in [4.78, 5) is 13.6. The zero-order chi connectivity index (χ0) is 32.2. The molecule has 0 N–H and O–H groups in total. The zero-order valence-electron chi connectivity index (χ0n) is 27.5. The van der Waals surface area contributed by atoms with Gasteiger partial charge in [0.25, 0.3) is 0 Å². The maximum Gasteiger partial charge on any atom is 0.494 e. The molecule has 2 fully saturated rings. The van der Waals surface area contributed by atoms with E-state index in [1.807, 2.05) is 24.3 Å². The summed E-state index contributed by atoms with van der Waals surface area (Å²) in [7, 11) is -0.865. The van der Waals surface area contributed by atoms with Crippen LogP contribution in [-0.2, 0) is 18.6 Å². The molecule has 4 aromatic carbocycles. The van der Waals surface area contributed by atoms with E-state index in [9.17, 15) is 4.79 Å². The molecule has 2 aliphatic heterocycles. The molecule has 0 amide bonds.